The van der Waals surface area contributed by atoms with Gasteiger partial charge in [-0.3, -0.25) is 4.90 Å². The van der Waals surface area contributed by atoms with Crippen molar-refractivity contribution in [2.45, 2.75) is 26.4 Å². The predicted octanol–water partition coefficient (Wildman–Crippen LogP) is 3.35. The van der Waals surface area contributed by atoms with Gasteiger partial charge in [-0.2, -0.15) is 0 Å². The molecule has 0 bridgehead atoms. The fraction of sp³-hybridized carbons (Fsp3) is 0.421. The first-order valence-corrected chi connectivity index (χ1v) is 8.53. The van der Waals surface area contributed by atoms with E-state index in [0.29, 0.717) is 0 Å². The van der Waals surface area contributed by atoms with Gasteiger partial charge in [0.25, 0.3) is 0 Å². The SMILES string of the molecule is Cc1cc2cc(CN3CCNCC3c3nccn3C)oc2cc1C.Cl. The quantitative estimate of drug-likeness (QED) is 0.778. The molecule has 1 aliphatic heterocycles. The van der Waals surface area contributed by atoms with Gasteiger partial charge >= 0.3 is 0 Å². The maximum absolute atomic E-state index is 6.11. The monoisotopic (exact) mass is 360 g/mol. The van der Waals surface area contributed by atoms with Crippen LogP contribution < -0.4 is 5.32 Å². The van der Waals surface area contributed by atoms with E-state index >= 15 is 0 Å². The molecule has 1 fully saturated rings. The summed E-state index contributed by atoms with van der Waals surface area (Å²) in [6.45, 7) is 8.00. The third-order valence-electron chi connectivity index (χ3n) is 5.05. The van der Waals surface area contributed by atoms with Crippen molar-refractivity contribution in [2.75, 3.05) is 19.6 Å². The number of rotatable bonds is 3. The molecular weight excluding hydrogens is 336 g/mol. The number of aromatic nitrogens is 2. The van der Waals surface area contributed by atoms with Crippen molar-refractivity contribution >= 4 is 23.4 Å². The molecule has 6 heteroatoms. The lowest BCUT2D eigenvalue weighted by atomic mass is 10.1. The zero-order valence-electron chi connectivity index (χ0n) is 15.0. The molecule has 1 aliphatic rings. The number of piperazine rings is 1. The van der Waals surface area contributed by atoms with E-state index in [2.05, 4.69) is 58.9 Å². The Bertz CT molecular complexity index is 831. The van der Waals surface area contributed by atoms with Gasteiger partial charge < -0.3 is 14.3 Å². The van der Waals surface area contributed by atoms with Crippen LogP contribution in [0.25, 0.3) is 11.0 Å². The maximum Gasteiger partial charge on any atom is 0.134 e. The van der Waals surface area contributed by atoms with Crippen LogP contribution in [0, 0.1) is 13.8 Å². The number of hydrogen-bond donors (Lipinski definition) is 1. The van der Waals surface area contributed by atoms with Gasteiger partial charge in [0.05, 0.1) is 12.6 Å². The van der Waals surface area contributed by atoms with Crippen LogP contribution in [0.2, 0.25) is 0 Å². The first-order valence-electron chi connectivity index (χ1n) is 8.53. The first-order chi connectivity index (χ1) is 11.6. The molecule has 0 saturated carbocycles. The fourth-order valence-corrected chi connectivity index (χ4v) is 3.52. The number of nitrogens with one attached hydrogen (secondary N) is 1. The Kier molecular flexibility index (Phi) is 5.18. The van der Waals surface area contributed by atoms with Gasteiger partial charge in [0.15, 0.2) is 0 Å². The van der Waals surface area contributed by atoms with Gasteiger partial charge in [-0.15, -0.1) is 12.4 Å². The summed E-state index contributed by atoms with van der Waals surface area (Å²) < 4.78 is 8.22. The normalized spacial score (nSPS) is 18.4. The minimum atomic E-state index is 0. The Labute approximate surface area is 154 Å². The van der Waals surface area contributed by atoms with Crippen molar-refractivity contribution in [3.63, 3.8) is 0 Å². The van der Waals surface area contributed by atoms with E-state index in [9.17, 15) is 0 Å². The largest absolute Gasteiger partial charge is 0.460 e. The van der Waals surface area contributed by atoms with E-state index in [1.54, 1.807) is 0 Å². The van der Waals surface area contributed by atoms with Crippen molar-refractivity contribution in [1.82, 2.24) is 19.8 Å². The maximum atomic E-state index is 6.11. The minimum Gasteiger partial charge on any atom is -0.460 e. The lowest BCUT2D eigenvalue weighted by molar-refractivity contribution is 0.135. The van der Waals surface area contributed by atoms with Crippen molar-refractivity contribution in [1.29, 1.82) is 0 Å². The van der Waals surface area contributed by atoms with Gasteiger partial charge in [-0.05, 0) is 43.2 Å². The summed E-state index contributed by atoms with van der Waals surface area (Å²) >= 11 is 0. The number of aryl methyl sites for hydroxylation is 3. The van der Waals surface area contributed by atoms with E-state index in [1.165, 1.54) is 16.5 Å². The highest BCUT2D eigenvalue weighted by molar-refractivity contribution is 5.85. The summed E-state index contributed by atoms with van der Waals surface area (Å²) in [5.74, 6) is 2.13. The molecule has 0 spiro atoms. The summed E-state index contributed by atoms with van der Waals surface area (Å²) in [6, 6.07) is 6.81. The second-order valence-corrected chi connectivity index (χ2v) is 6.77. The summed E-state index contributed by atoms with van der Waals surface area (Å²) in [7, 11) is 2.06. The van der Waals surface area contributed by atoms with E-state index in [4.69, 9.17) is 4.42 Å². The lowest BCUT2D eigenvalue weighted by Crippen LogP contribution is -2.46. The minimum absolute atomic E-state index is 0. The van der Waals surface area contributed by atoms with Crippen LogP contribution in [0.15, 0.2) is 35.0 Å². The Morgan fingerprint density at radius 3 is 2.80 bits per heavy atom. The number of hydrogen-bond acceptors (Lipinski definition) is 4. The van der Waals surface area contributed by atoms with Crippen LogP contribution >= 0.6 is 12.4 Å². The van der Waals surface area contributed by atoms with Gasteiger partial charge in [0.2, 0.25) is 0 Å². The number of fused-ring (bicyclic) bond motifs is 1. The molecule has 1 atom stereocenters. The number of benzene rings is 1. The van der Waals surface area contributed by atoms with E-state index in [0.717, 1.165) is 43.3 Å². The zero-order chi connectivity index (χ0) is 16.7. The summed E-state index contributed by atoms with van der Waals surface area (Å²) in [5.41, 5.74) is 3.57. The molecule has 0 radical (unpaired) electrons. The molecule has 2 aromatic heterocycles. The van der Waals surface area contributed by atoms with Gasteiger partial charge in [0, 0.05) is 44.5 Å². The molecular formula is C19H25ClN4O. The van der Waals surface area contributed by atoms with Crippen LogP contribution in [-0.2, 0) is 13.6 Å². The molecule has 25 heavy (non-hydrogen) atoms. The number of nitrogens with zero attached hydrogens (tertiary/aromatic N) is 3. The second kappa shape index (κ2) is 7.20. The first kappa shape index (κ1) is 18.0. The lowest BCUT2D eigenvalue weighted by Gasteiger charge is -2.35. The average Bonchev–Trinajstić information content (AvgIpc) is 3.14. The second-order valence-electron chi connectivity index (χ2n) is 6.77. The fourth-order valence-electron chi connectivity index (χ4n) is 3.52. The van der Waals surface area contributed by atoms with Crippen molar-refractivity contribution < 1.29 is 4.42 Å². The molecule has 5 nitrogen and oxygen atoms in total. The van der Waals surface area contributed by atoms with Crippen molar-refractivity contribution in [2.24, 2.45) is 7.05 Å². The number of furan rings is 1. The standard InChI is InChI=1S/C19H24N4O.ClH/c1-13-8-15-10-16(24-18(15)9-14(13)2)12-23-7-4-20-11-17(23)19-21-5-6-22(19)3;/h5-6,8-10,17,20H,4,7,11-12H2,1-3H3;1H. The third kappa shape index (κ3) is 3.45. The van der Waals surface area contributed by atoms with E-state index < -0.39 is 0 Å². The molecule has 0 amide bonds. The predicted molar refractivity (Wildman–Crippen MR) is 102 cm³/mol. The van der Waals surface area contributed by atoms with E-state index in [-0.39, 0.29) is 18.4 Å². The highest BCUT2D eigenvalue weighted by Crippen LogP contribution is 2.27. The Hall–Kier alpha value is -1.82. The topological polar surface area (TPSA) is 46.2 Å². The Balaban J connectivity index is 0.00000182. The molecule has 134 valence electrons. The molecule has 0 aliphatic carbocycles. The Morgan fingerprint density at radius 1 is 1.24 bits per heavy atom. The Morgan fingerprint density at radius 2 is 2.04 bits per heavy atom. The van der Waals surface area contributed by atoms with Crippen LogP contribution in [0.5, 0.6) is 0 Å². The number of halogens is 1. The van der Waals surface area contributed by atoms with Crippen LogP contribution in [-0.4, -0.2) is 34.1 Å². The summed E-state index contributed by atoms with van der Waals surface area (Å²) in [5, 5.41) is 4.67. The van der Waals surface area contributed by atoms with E-state index in [1.807, 2.05) is 12.4 Å². The molecule has 1 saturated heterocycles. The van der Waals surface area contributed by atoms with Gasteiger partial charge in [0.1, 0.15) is 17.2 Å². The highest BCUT2D eigenvalue weighted by atomic mass is 35.5. The van der Waals surface area contributed by atoms with Crippen LogP contribution in [0.4, 0.5) is 0 Å². The number of imidazole rings is 1. The van der Waals surface area contributed by atoms with Crippen molar-refractivity contribution in [3.05, 3.63) is 53.3 Å². The van der Waals surface area contributed by atoms with Gasteiger partial charge in [-0.1, -0.05) is 0 Å². The molecule has 1 N–H and O–H groups in total. The van der Waals surface area contributed by atoms with Gasteiger partial charge in [-0.25, -0.2) is 4.98 Å². The third-order valence-corrected chi connectivity index (χ3v) is 5.05. The molecule has 3 heterocycles. The van der Waals surface area contributed by atoms with Crippen molar-refractivity contribution in [3.8, 4) is 0 Å². The highest BCUT2D eigenvalue weighted by Gasteiger charge is 2.27. The van der Waals surface area contributed by atoms with Crippen LogP contribution in [0.3, 0.4) is 0 Å². The average molecular weight is 361 g/mol. The zero-order valence-corrected chi connectivity index (χ0v) is 15.8. The summed E-state index contributed by atoms with van der Waals surface area (Å²) in [6.07, 6.45) is 3.88. The summed E-state index contributed by atoms with van der Waals surface area (Å²) in [4.78, 5) is 7.00. The molecule has 1 unspecified atom stereocenters. The molecule has 4 rings (SSSR count). The smallest absolute Gasteiger partial charge is 0.134 e. The van der Waals surface area contributed by atoms with Crippen LogP contribution in [0.1, 0.15) is 28.8 Å². The molecule has 1 aromatic carbocycles. The molecule has 3 aromatic rings.